The summed E-state index contributed by atoms with van der Waals surface area (Å²) in [5.74, 6) is -6.14. The van der Waals surface area contributed by atoms with Crippen LogP contribution in [0.15, 0.2) is 24.3 Å². The normalized spacial score (nSPS) is 28.6. The van der Waals surface area contributed by atoms with Crippen molar-refractivity contribution in [2.45, 2.75) is 209 Å². The number of nitrogens with zero attached hydrogens (tertiary/aromatic N) is 2. The number of carbonyl (C=O) groups excluding carboxylic acids is 7. The molecule has 78 heavy (non-hydrogen) atoms. The fourth-order valence-electron chi connectivity index (χ4n) is 10.4. The molecule has 1 aromatic rings. The van der Waals surface area contributed by atoms with Crippen LogP contribution in [0.5, 0.6) is 5.75 Å². The molecule has 0 spiro atoms. The average Bonchev–Trinajstić information content (AvgIpc) is 4.02. The van der Waals surface area contributed by atoms with Crippen LogP contribution in [0.25, 0.3) is 0 Å². The zero-order chi connectivity index (χ0) is 57.8. The topological polar surface area (TPSA) is 412 Å². The molecule has 25 nitrogen and oxygen atoms in total. The molecule has 3 aliphatic rings. The lowest BCUT2D eigenvalue weighted by Crippen LogP contribution is -2.65. The molecule has 25 heteroatoms. The molecule has 0 radical (unpaired) electrons. The summed E-state index contributed by atoms with van der Waals surface area (Å²) < 4.78 is 0. The van der Waals surface area contributed by atoms with Crippen LogP contribution in [0.2, 0.25) is 0 Å². The van der Waals surface area contributed by atoms with Gasteiger partial charge < -0.3 is 88.7 Å². The van der Waals surface area contributed by atoms with E-state index in [4.69, 9.17) is 11.5 Å². The zero-order valence-corrected chi connectivity index (χ0v) is 45.7. The standard InChI is InChI=1S/C53H90N10O15/c1-5-29(2)26-30(3)12-10-8-6-7-9-11-13-40(70)57-35-18-19-39(69)47(56-24-23-55)61-51(76)44-38(68)21-25-62(44)53(78)42(37(67)20-22-54)59-50(75)43(46(72)45(71)32-14-16-33(65)17-15-32)60-49(74)36-27-34(66)28-63(36)52(77)41(31(4)64)58-48(35)73/h14-17,29-31,34-39,41-47,56,64-69,71-72H,5-13,18-28,54-55H2,1-4H3,(H,57,70)(H,58,73)(H,59,75)(H,60,74)(H,61,76)/t29?,30?,31-,34-,35+,36+,37-,38+,39-,41+,42+,43+,44+,45+,46+,47+/m1/s1. The van der Waals surface area contributed by atoms with Crippen molar-refractivity contribution in [2.75, 3.05) is 32.7 Å². The first kappa shape index (κ1) is 65.4. The Morgan fingerprint density at radius 1 is 0.705 bits per heavy atom. The van der Waals surface area contributed by atoms with Crippen molar-refractivity contribution in [3.63, 3.8) is 0 Å². The first-order valence-corrected chi connectivity index (χ1v) is 27.8. The van der Waals surface area contributed by atoms with Crippen LogP contribution in [-0.2, 0) is 33.6 Å². The first-order valence-electron chi connectivity index (χ1n) is 27.8. The third-order valence-electron chi connectivity index (χ3n) is 15.2. The van der Waals surface area contributed by atoms with Crippen molar-refractivity contribution >= 4 is 41.4 Å². The van der Waals surface area contributed by atoms with E-state index >= 15 is 0 Å². The quantitative estimate of drug-likeness (QED) is 0.0488. The number of aliphatic hydroxyl groups is 7. The molecule has 3 fully saturated rings. The summed E-state index contributed by atoms with van der Waals surface area (Å²) in [5, 5.41) is 105. The number of phenolic OH excluding ortho intramolecular Hbond substituents is 1. The molecule has 2 unspecified atom stereocenters. The van der Waals surface area contributed by atoms with Crippen LogP contribution >= 0.6 is 0 Å². The molecule has 16 atom stereocenters. The van der Waals surface area contributed by atoms with E-state index < -0.39 is 139 Å². The number of nitrogens with two attached hydrogens (primary N) is 2. The molecule has 442 valence electrons. The highest BCUT2D eigenvalue weighted by Crippen LogP contribution is 2.27. The fraction of sp³-hybridized carbons (Fsp3) is 0.755. The molecule has 18 N–H and O–H groups in total. The van der Waals surface area contributed by atoms with E-state index in [2.05, 4.69) is 52.7 Å². The van der Waals surface area contributed by atoms with E-state index in [-0.39, 0.29) is 69.6 Å². The fourth-order valence-corrected chi connectivity index (χ4v) is 10.4. The van der Waals surface area contributed by atoms with E-state index in [1.54, 1.807) is 0 Å². The number of aromatic hydroxyl groups is 1. The van der Waals surface area contributed by atoms with Gasteiger partial charge in [0.05, 0.1) is 30.5 Å². The lowest BCUT2D eigenvalue weighted by Gasteiger charge is -2.35. The van der Waals surface area contributed by atoms with Crippen molar-refractivity contribution < 1.29 is 74.4 Å². The number of hydrogen-bond donors (Lipinski definition) is 16. The molecule has 4 rings (SSSR count). The number of phenols is 1. The minimum atomic E-state index is -2.28. The maximum absolute atomic E-state index is 14.6. The highest BCUT2D eigenvalue weighted by Gasteiger charge is 2.48. The van der Waals surface area contributed by atoms with Gasteiger partial charge in [0.25, 0.3) is 0 Å². The number of nitrogens with one attached hydrogen (secondary N) is 6. The summed E-state index contributed by atoms with van der Waals surface area (Å²) in [4.78, 5) is 102. The predicted octanol–water partition coefficient (Wildman–Crippen LogP) is -2.92. The van der Waals surface area contributed by atoms with Gasteiger partial charge in [0.15, 0.2) is 0 Å². The smallest absolute Gasteiger partial charge is 0.248 e. The molecule has 3 aliphatic heterocycles. The van der Waals surface area contributed by atoms with E-state index in [0.717, 1.165) is 54.7 Å². The molecule has 0 aliphatic carbocycles. The highest BCUT2D eigenvalue weighted by atomic mass is 16.3. The van der Waals surface area contributed by atoms with E-state index in [1.165, 1.54) is 37.6 Å². The lowest BCUT2D eigenvalue weighted by molar-refractivity contribution is -0.148. The summed E-state index contributed by atoms with van der Waals surface area (Å²) in [6, 6.07) is -6.09. The lowest BCUT2D eigenvalue weighted by atomic mass is 9.91. The van der Waals surface area contributed by atoms with Gasteiger partial charge in [-0.2, -0.15) is 0 Å². The molecule has 1 aromatic carbocycles. The average molecular weight is 1110 g/mol. The summed E-state index contributed by atoms with van der Waals surface area (Å²) >= 11 is 0. The monoisotopic (exact) mass is 1110 g/mol. The van der Waals surface area contributed by atoms with Crippen LogP contribution < -0.4 is 43.4 Å². The van der Waals surface area contributed by atoms with Crippen molar-refractivity contribution in [3.05, 3.63) is 29.8 Å². The first-order chi connectivity index (χ1) is 37.0. The number of aliphatic hydroxyl groups excluding tert-OH is 7. The highest BCUT2D eigenvalue weighted by molar-refractivity contribution is 5.98. The Bertz CT molecular complexity index is 2090. The van der Waals surface area contributed by atoms with Crippen LogP contribution in [0.4, 0.5) is 0 Å². The molecule has 3 saturated heterocycles. The second-order valence-electron chi connectivity index (χ2n) is 21.6. The number of hydrogen-bond acceptors (Lipinski definition) is 18. The molecule has 7 amide bonds. The number of rotatable bonds is 23. The maximum atomic E-state index is 14.6. The van der Waals surface area contributed by atoms with Crippen LogP contribution in [0, 0.1) is 11.8 Å². The van der Waals surface area contributed by atoms with Crippen molar-refractivity contribution in [1.82, 2.24) is 41.7 Å². The van der Waals surface area contributed by atoms with Crippen molar-refractivity contribution in [2.24, 2.45) is 23.3 Å². The number of carbonyl (C=O) groups is 7. The van der Waals surface area contributed by atoms with Crippen molar-refractivity contribution in [1.29, 1.82) is 0 Å². The Hall–Kier alpha value is -5.09. The van der Waals surface area contributed by atoms with Crippen molar-refractivity contribution in [3.8, 4) is 5.75 Å². The molecule has 0 bridgehead atoms. The minimum absolute atomic E-state index is 0.0145. The van der Waals surface area contributed by atoms with E-state index in [9.17, 15) is 74.4 Å². The summed E-state index contributed by atoms with van der Waals surface area (Å²) in [7, 11) is 0. The second-order valence-corrected chi connectivity index (χ2v) is 21.6. The SMILES string of the molecule is CCC(C)CC(C)CCCCCCCCC(=O)N[C@H]1CC[C@@H](O)[C@@H](NCCN)NC(=O)[C@@H]2[C@@H](O)CCN2C(=O)[C@H]([C@H](O)CCN)NC(=O)[C@H]([C@H](O)[C@@H](O)c2ccc(O)cc2)NC(=O)[C@@H]2C[C@@H](O)CN2C(=O)[C@H]([C@@H](C)O)NC1=O. The Balaban J connectivity index is 1.71. The minimum Gasteiger partial charge on any atom is -0.508 e. The number of benzene rings is 1. The third-order valence-corrected chi connectivity index (χ3v) is 15.2. The Morgan fingerprint density at radius 2 is 1.33 bits per heavy atom. The molecular formula is C53H90N10O15. The van der Waals surface area contributed by atoms with Gasteiger partial charge in [-0.05, 0) is 81.5 Å². The summed E-state index contributed by atoms with van der Waals surface area (Å²) in [6.45, 7) is 6.92. The van der Waals surface area contributed by atoms with Gasteiger partial charge in [-0.3, -0.25) is 38.9 Å². The molecular weight excluding hydrogens is 1020 g/mol. The summed E-state index contributed by atoms with van der Waals surface area (Å²) in [5.41, 5.74) is 11.5. The van der Waals surface area contributed by atoms with Crippen LogP contribution in [0.1, 0.15) is 136 Å². The predicted molar refractivity (Wildman–Crippen MR) is 285 cm³/mol. The Morgan fingerprint density at radius 3 is 1.97 bits per heavy atom. The van der Waals surface area contributed by atoms with Crippen LogP contribution in [0.3, 0.4) is 0 Å². The molecule has 0 saturated carbocycles. The largest absolute Gasteiger partial charge is 0.508 e. The maximum Gasteiger partial charge on any atom is 0.248 e. The molecule has 3 heterocycles. The van der Waals surface area contributed by atoms with Gasteiger partial charge in [0.2, 0.25) is 41.4 Å². The summed E-state index contributed by atoms with van der Waals surface area (Å²) in [6.07, 6.45) is -6.26. The van der Waals surface area contributed by atoms with Gasteiger partial charge in [-0.1, -0.05) is 77.8 Å². The number of unbranched alkanes of at least 4 members (excludes halogenated alkanes) is 5. The van der Waals surface area contributed by atoms with Gasteiger partial charge >= 0.3 is 0 Å². The number of fused-ring (bicyclic) bond motifs is 2. The third kappa shape index (κ3) is 19.0. The second kappa shape index (κ2) is 32.2. The van der Waals surface area contributed by atoms with E-state index in [1.807, 2.05) is 0 Å². The Labute approximate surface area is 457 Å². The van der Waals surface area contributed by atoms with Gasteiger partial charge in [0, 0.05) is 39.0 Å². The van der Waals surface area contributed by atoms with Gasteiger partial charge in [-0.25, -0.2) is 0 Å². The van der Waals surface area contributed by atoms with Crippen LogP contribution in [-0.4, -0.2) is 204 Å². The number of amides is 7. The zero-order valence-electron chi connectivity index (χ0n) is 45.7. The molecule has 0 aromatic heterocycles. The van der Waals surface area contributed by atoms with Gasteiger partial charge in [-0.15, -0.1) is 0 Å². The Kier molecular flexibility index (Phi) is 27.0. The van der Waals surface area contributed by atoms with Gasteiger partial charge in [0.1, 0.15) is 60.4 Å². The van der Waals surface area contributed by atoms with E-state index in [0.29, 0.717) is 18.3 Å².